The average Bonchev–Trinajstić information content (AvgIpc) is 2.90. The lowest BCUT2D eigenvalue weighted by Gasteiger charge is -2.39. The summed E-state index contributed by atoms with van der Waals surface area (Å²) in [4.78, 5) is 22.0. The smallest absolute Gasteiger partial charge is 0.308 e. The molecule has 0 spiro atoms. The molecule has 0 bridgehead atoms. The number of halogens is 1. The molecule has 1 aliphatic heterocycles. The Morgan fingerprint density at radius 3 is 2.43 bits per heavy atom. The Balaban J connectivity index is 1.64. The third-order valence-corrected chi connectivity index (χ3v) is 8.67. The van der Waals surface area contributed by atoms with Crippen LogP contribution in [0.25, 0.3) is 17.3 Å². The molecule has 2 heterocycles. The summed E-state index contributed by atoms with van der Waals surface area (Å²) in [6, 6.07) is 5.87. The highest BCUT2D eigenvalue weighted by molar-refractivity contribution is 7.92. The van der Waals surface area contributed by atoms with Crippen LogP contribution in [0.4, 0.5) is 10.3 Å². The van der Waals surface area contributed by atoms with E-state index in [1.165, 1.54) is 25.6 Å². The second-order valence-electron chi connectivity index (χ2n) is 11.9. The molecule has 42 heavy (non-hydrogen) atoms. The number of anilines is 1. The fourth-order valence-electron chi connectivity index (χ4n) is 5.39. The Bertz CT molecular complexity index is 1390. The molecule has 1 aromatic heterocycles. The highest BCUT2D eigenvalue weighted by Crippen LogP contribution is 2.34. The van der Waals surface area contributed by atoms with E-state index in [4.69, 9.17) is 14.2 Å². The molecule has 230 valence electrons. The predicted octanol–water partition coefficient (Wildman–Crippen LogP) is 5.99. The van der Waals surface area contributed by atoms with E-state index >= 15 is 0 Å². The summed E-state index contributed by atoms with van der Waals surface area (Å²) in [5.74, 6) is -1.65. The molecule has 1 aromatic carbocycles. The molecule has 1 saturated carbocycles. The van der Waals surface area contributed by atoms with Crippen molar-refractivity contribution < 1.29 is 31.8 Å². The molecule has 1 aliphatic carbocycles. The Morgan fingerprint density at radius 2 is 1.81 bits per heavy atom. The highest BCUT2D eigenvalue weighted by Gasteiger charge is 2.36. The van der Waals surface area contributed by atoms with Gasteiger partial charge >= 0.3 is 5.97 Å². The van der Waals surface area contributed by atoms with Crippen molar-refractivity contribution in [3.8, 4) is 11.3 Å². The van der Waals surface area contributed by atoms with Crippen LogP contribution in [0.15, 0.2) is 30.3 Å². The lowest BCUT2D eigenvalue weighted by molar-refractivity contribution is -0.290. The van der Waals surface area contributed by atoms with Gasteiger partial charge in [-0.05, 0) is 69.7 Å². The number of hydrogen-bond acceptors (Lipinski definition) is 8. The maximum atomic E-state index is 13.8. The minimum absolute atomic E-state index is 0.0150. The number of hydrogen-bond donors (Lipinski definition) is 0. The van der Waals surface area contributed by atoms with Gasteiger partial charge in [-0.25, -0.2) is 27.1 Å². The molecular formula is C31H42FN3O6S. The van der Waals surface area contributed by atoms with Gasteiger partial charge in [0.1, 0.15) is 11.9 Å². The molecule has 2 fully saturated rings. The van der Waals surface area contributed by atoms with E-state index in [2.05, 4.69) is 9.97 Å². The van der Waals surface area contributed by atoms with Crippen molar-refractivity contribution in [2.75, 3.05) is 17.6 Å². The monoisotopic (exact) mass is 603 g/mol. The van der Waals surface area contributed by atoms with E-state index in [0.717, 1.165) is 36.2 Å². The molecule has 2 aliphatic rings. The Labute approximate surface area is 248 Å². The van der Waals surface area contributed by atoms with Crippen LogP contribution in [0.5, 0.6) is 0 Å². The van der Waals surface area contributed by atoms with Gasteiger partial charge in [0, 0.05) is 24.6 Å². The van der Waals surface area contributed by atoms with Crippen molar-refractivity contribution in [1.82, 2.24) is 9.97 Å². The first-order valence-corrected chi connectivity index (χ1v) is 16.4. The third-order valence-electron chi connectivity index (χ3n) is 7.51. The van der Waals surface area contributed by atoms with E-state index in [9.17, 15) is 17.6 Å². The minimum Gasteiger partial charge on any atom is -0.462 e. The van der Waals surface area contributed by atoms with Crippen molar-refractivity contribution in [3.63, 3.8) is 0 Å². The standard InChI is InChI=1S/C31H42FN3O6S/c1-20(2)28-26(29(21-12-14-22(32)15-13-21)34-30(33-28)35(5)42(6,37)38)17-16-24-18-25(41-31(3,4)40-24)19-27(36)39-23-10-8-7-9-11-23/h12-17,20,23-25H,7-11,18-19H2,1-6H3/b17-16+. The second-order valence-corrected chi connectivity index (χ2v) is 13.9. The number of benzene rings is 1. The van der Waals surface area contributed by atoms with Crippen LogP contribution in [0, 0.1) is 5.82 Å². The summed E-state index contributed by atoms with van der Waals surface area (Å²) < 4.78 is 57.5. The molecule has 2 atom stereocenters. The number of carbonyl (C=O) groups excluding carboxylic acids is 1. The van der Waals surface area contributed by atoms with Crippen LogP contribution in [0.2, 0.25) is 0 Å². The topological polar surface area (TPSA) is 108 Å². The van der Waals surface area contributed by atoms with Gasteiger partial charge in [-0.3, -0.25) is 4.79 Å². The first kappa shape index (κ1) is 32.0. The minimum atomic E-state index is -3.63. The Morgan fingerprint density at radius 1 is 1.14 bits per heavy atom. The predicted molar refractivity (Wildman–Crippen MR) is 160 cm³/mol. The van der Waals surface area contributed by atoms with Crippen LogP contribution < -0.4 is 4.31 Å². The fraction of sp³-hybridized carbons (Fsp3) is 0.581. The number of esters is 1. The van der Waals surface area contributed by atoms with Crippen molar-refractivity contribution in [1.29, 1.82) is 0 Å². The van der Waals surface area contributed by atoms with Crippen LogP contribution >= 0.6 is 0 Å². The van der Waals surface area contributed by atoms with Gasteiger partial charge in [-0.1, -0.05) is 32.4 Å². The first-order valence-electron chi connectivity index (χ1n) is 14.6. The van der Waals surface area contributed by atoms with Crippen LogP contribution in [0.3, 0.4) is 0 Å². The number of rotatable bonds is 9. The van der Waals surface area contributed by atoms with E-state index in [0.29, 0.717) is 28.9 Å². The fourth-order valence-corrected chi connectivity index (χ4v) is 5.77. The number of sulfonamides is 1. The molecule has 0 N–H and O–H groups in total. The SMILES string of the molecule is CC(C)c1nc(N(C)S(C)(=O)=O)nc(-c2ccc(F)cc2)c1/C=C/C1CC(CC(=O)OC2CCCCC2)OC(C)(C)O1. The average molecular weight is 604 g/mol. The van der Waals surface area contributed by atoms with E-state index in [-0.39, 0.29) is 42.6 Å². The van der Waals surface area contributed by atoms with Crippen molar-refractivity contribution in [3.05, 3.63) is 47.4 Å². The molecule has 0 amide bonds. The lowest BCUT2D eigenvalue weighted by atomic mass is 9.96. The van der Waals surface area contributed by atoms with Crippen LogP contribution in [-0.2, 0) is 29.0 Å². The van der Waals surface area contributed by atoms with E-state index in [1.54, 1.807) is 12.1 Å². The summed E-state index contributed by atoms with van der Waals surface area (Å²) in [6.45, 7) is 7.55. The van der Waals surface area contributed by atoms with E-state index < -0.39 is 21.6 Å². The molecule has 1 saturated heterocycles. The van der Waals surface area contributed by atoms with Crippen molar-refractivity contribution in [2.24, 2.45) is 0 Å². The molecule has 0 radical (unpaired) electrons. The zero-order valence-corrected chi connectivity index (χ0v) is 26.1. The van der Waals surface area contributed by atoms with Gasteiger partial charge < -0.3 is 14.2 Å². The van der Waals surface area contributed by atoms with Gasteiger partial charge in [0.15, 0.2) is 5.79 Å². The largest absolute Gasteiger partial charge is 0.462 e. The number of nitrogens with zero attached hydrogens (tertiary/aromatic N) is 3. The first-order chi connectivity index (χ1) is 19.7. The summed E-state index contributed by atoms with van der Waals surface area (Å²) >= 11 is 0. The van der Waals surface area contributed by atoms with Gasteiger partial charge in [-0.15, -0.1) is 0 Å². The van der Waals surface area contributed by atoms with Crippen LogP contribution in [-0.4, -0.2) is 61.8 Å². The molecule has 2 unspecified atom stereocenters. The zero-order chi connectivity index (χ0) is 30.7. The maximum absolute atomic E-state index is 13.8. The summed E-state index contributed by atoms with van der Waals surface area (Å²) in [5, 5.41) is 0. The molecule has 9 nitrogen and oxygen atoms in total. The third kappa shape index (κ3) is 8.35. The molecule has 2 aromatic rings. The summed E-state index contributed by atoms with van der Waals surface area (Å²) in [6.07, 6.45) is 9.80. The normalized spacial score (nSPS) is 21.5. The highest BCUT2D eigenvalue weighted by atomic mass is 32.2. The molecule has 4 rings (SSSR count). The zero-order valence-electron chi connectivity index (χ0n) is 25.3. The van der Waals surface area contributed by atoms with Crippen molar-refractivity contribution in [2.45, 2.75) is 103 Å². The summed E-state index contributed by atoms with van der Waals surface area (Å²) in [7, 11) is -2.23. The lowest BCUT2D eigenvalue weighted by Crippen LogP contribution is -2.45. The van der Waals surface area contributed by atoms with Gasteiger partial charge in [0.05, 0.1) is 36.3 Å². The molecular weight excluding hydrogens is 561 g/mol. The van der Waals surface area contributed by atoms with Crippen LogP contribution in [0.1, 0.15) is 89.8 Å². The molecule has 11 heteroatoms. The summed E-state index contributed by atoms with van der Waals surface area (Å²) in [5.41, 5.74) is 2.38. The van der Waals surface area contributed by atoms with Crippen molar-refractivity contribution >= 4 is 28.0 Å². The number of ether oxygens (including phenoxy) is 3. The second kappa shape index (κ2) is 13.2. The number of aromatic nitrogens is 2. The number of carbonyl (C=O) groups is 1. The van der Waals surface area contributed by atoms with Gasteiger partial charge in [-0.2, -0.15) is 0 Å². The van der Waals surface area contributed by atoms with Gasteiger partial charge in [0.2, 0.25) is 16.0 Å². The quantitative estimate of drug-likeness (QED) is 0.322. The Hall–Kier alpha value is -2.89. The van der Waals surface area contributed by atoms with E-state index in [1.807, 2.05) is 39.8 Å². The van der Waals surface area contributed by atoms with Gasteiger partial charge in [0.25, 0.3) is 0 Å². The maximum Gasteiger partial charge on any atom is 0.308 e. The Kier molecular flexibility index (Phi) is 10.1.